The fraction of sp³-hybridized carbons (Fsp3) is 0.188. The lowest BCUT2D eigenvalue weighted by Gasteiger charge is -2.26. The van der Waals surface area contributed by atoms with E-state index in [0.29, 0.717) is 11.1 Å². The highest BCUT2D eigenvalue weighted by molar-refractivity contribution is 5.79. The number of benzene rings is 2. The van der Waals surface area contributed by atoms with Gasteiger partial charge in [-0.1, -0.05) is 6.07 Å². The molecule has 0 saturated carbocycles. The number of hydrogen-bond donors (Lipinski definition) is 3. The summed E-state index contributed by atoms with van der Waals surface area (Å²) in [5.41, 5.74) is 1.11. The summed E-state index contributed by atoms with van der Waals surface area (Å²) in [5.74, 6) is -0.866. The van der Waals surface area contributed by atoms with Crippen LogP contribution in [0.4, 0.5) is 0 Å². The predicted molar refractivity (Wildman–Crippen MR) is 76.5 cm³/mol. The first-order chi connectivity index (χ1) is 10.5. The van der Waals surface area contributed by atoms with E-state index in [0.717, 1.165) is 0 Å². The first-order valence-corrected chi connectivity index (χ1v) is 6.63. The molecule has 0 spiro atoms. The molecule has 114 valence electrons. The lowest BCUT2D eigenvalue weighted by molar-refractivity contribution is -0.135. The maximum Gasteiger partial charge on any atom is 0.312 e. The summed E-state index contributed by atoms with van der Waals surface area (Å²) in [4.78, 5) is 11.8. The van der Waals surface area contributed by atoms with Crippen molar-refractivity contribution in [3.8, 4) is 28.7 Å². The highest BCUT2D eigenvalue weighted by Gasteiger charge is 2.32. The molecule has 1 heterocycles. The van der Waals surface area contributed by atoms with E-state index < -0.39 is 11.9 Å². The minimum atomic E-state index is -0.463. The van der Waals surface area contributed by atoms with Crippen molar-refractivity contribution in [2.24, 2.45) is 0 Å². The first kappa shape index (κ1) is 14.1. The van der Waals surface area contributed by atoms with Crippen LogP contribution in [0.1, 0.15) is 23.5 Å². The van der Waals surface area contributed by atoms with E-state index >= 15 is 0 Å². The van der Waals surface area contributed by atoms with Gasteiger partial charge in [0.05, 0.1) is 13.5 Å². The monoisotopic (exact) mass is 302 g/mol. The van der Waals surface area contributed by atoms with Gasteiger partial charge in [0, 0.05) is 23.6 Å². The van der Waals surface area contributed by atoms with Crippen molar-refractivity contribution in [1.29, 1.82) is 0 Å². The molecule has 0 bridgehead atoms. The van der Waals surface area contributed by atoms with Crippen molar-refractivity contribution in [3.63, 3.8) is 0 Å². The fourth-order valence-electron chi connectivity index (χ4n) is 2.66. The normalized spacial score (nSPS) is 16.8. The highest BCUT2D eigenvalue weighted by Crippen LogP contribution is 2.46. The number of carbonyl (C=O) groups is 1. The molecular formula is C16H14O6. The summed E-state index contributed by atoms with van der Waals surface area (Å²) in [6.45, 7) is 0. The van der Waals surface area contributed by atoms with Gasteiger partial charge in [0.2, 0.25) is 0 Å². The Morgan fingerprint density at radius 1 is 1.14 bits per heavy atom. The molecule has 1 atom stereocenters. The number of ether oxygens (including phenoxy) is 2. The molecule has 0 aliphatic carbocycles. The largest absolute Gasteiger partial charge is 0.508 e. The fourth-order valence-corrected chi connectivity index (χ4v) is 2.66. The van der Waals surface area contributed by atoms with E-state index in [1.54, 1.807) is 12.1 Å². The Morgan fingerprint density at radius 2 is 1.91 bits per heavy atom. The maximum absolute atomic E-state index is 11.8. The lowest BCUT2D eigenvalue weighted by atomic mass is 9.85. The van der Waals surface area contributed by atoms with Gasteiger partial charge in [-0.05, 0) is 17.7 Å². The zero-order valence-electron chi connectivity index (χ0n) is 11.7. The number of phenols is 3. The second-order valence-electron chi connectivity index (χ2n) is 5.04. The minimum Gasteiger partial charge on any atom is -0.508 e. The van der Waals surface area contributed by atoms with Gasteiger partial charge in [-0.15, -0.1) is 0 Å². The minimum absolute atomic E-state index is 0.0141. The molecule has 6 heteroatoms. The maximum atomic E-state index is 11.8. The number of esters is 1. The molecule has 3 rings (SSSR count). The summed E-state index contributed by atoms with van der Waals surface area (Å²) in [6.07, 6.45) is 0.0409. The molecule has 3 N–H and O–H groups in total. The Balaban J connectivity index is 2.15. The first-order valence-electron chi connectivity index (χ1n) is 6.63. The Bertz CT molecular complexity index is 753. The molecule has 0 radical (unpaired) electrons. The van der Waals surface area contributed by atoms with Gasteiger partial charge in [0.25, 0.3) is 0 Å². The average Bonchev–Trinajstić information content (AvgIpc) is 2.46. The van der Waals surface area contributed by atoms with Crippen LogP contribution >= 0.6 is 0 Å². The summed E-state index contributed by atoms with van der Waals surface area (Å²) >= 11 is 0. The van der Waals surface area contributed by atoms with Crippen LogP contribution in [-0.4, -0.2) is 28.4 Å². The predicted octanol–water partition coefficient (Wildman–Crippen LogP) is 2.25. The van der Waals surface area contributed by atoms with Crippen molar-refractivity contribution < 1.29 is 29.6 Å². The van der Waals surface area contributed by atoms with Crippen LogP contribution in [0, 0.1) is 0 Å². The topological polar surface area (TPSA) is 96.2 Å². The van der Waals surface area contributed by atoms with Gasteiger partial charge in [-0.2, -0.15) is 0 Å². The number of methoxy groups -OCH3 is 1. The van der Waals surface area contributed by atoms with Crippen LogP contribution in [-0.2, 0) is 4.79 Å². The van der Waals surface area contributed by atoms with Gasteiger partial charge in [0.1, 0.15) is 17.2 Å². The van der Waals surface area contributed by atoms with E-state index in [2.05, 4.69) is 0 Å². The summed E-state index contributed by atoms with van der Waals surface area (Å²) < 4.78 is 10.2. The Morgan fingerprint density at radius 3 is 2.64 bits per heavy atom. The van der Waals surface area contributed by atoms with Gasteiger partial charge >= 0.3 is 5.97 Å². The number of hydrogen-bond acceptors (Lipinski definition) is 6. The van der Waals surface area contributed by atoms with Crippen LogP contribution in [0.3, 0.4) is 0 Å². The zero-order chi connectivity index (χ0) is 15.9. The van der Waals surface area contributed by atoms with E-state index in [-0.39, 0.29) is 35.2 Å². The van der Waals surface area contributed by atoms with Gasteiger partial charge < -0.3 is 24.8 Å². The van der Waals surface area contributed by atoms with Gasteiger partial charge in [0.15, 0.2) is 11.5 Å². The molecule has 2 aromatic carbocycles. The summed E-state index contributed by atoms with van der Waals surface area (Å²) in [6, 6.07) is 7.20. The highest BCUT2D eigenvalue weighted by atomic mass is 16.5. The Labute approximate surface area is 126 Å². The Hall–Kier alpha value is -2.89. The number of rotatable bonds is 2. The van der Waals surface area contributed by atoms with Crippen molar-refractivity contribution in [3.05, 3.63) is 41.5 Å². The van der Waals surface area contributed by atoms with E-state index in [1.807, 2.05) is 0 Å². The van der Waals surface area contributed by atoms with Crippen LogP contribution in [0.25, 0.3) is 0 Å². The molecule has 1 aliphatic rings. The third-order valence-corrected chi connectivity index (χ3v) is 3.65. The summed E-state index contributed by atoms with van der Waals surface area (Å²) in [5, 5.41) is 29.3. The van der Waals surface area contributed by atoms with Crippen LogP contribution < -0.4 is 9.47 Å². The molecule has 22 heavy (non-hydrogen) atoms. The van der Waals surface area contributed by atoms with Crippen LogP contribution in [0.2, 0.25) is 0 Å². The zero-order valence-corrected chi connectivity index (χ0v) is 11.7. The SMILES string of the molecule is COc1cc([C@H]2CC(=O)Oc3cc(O)cc(O)c32)ccc1O. The molecule has 0 fully saturated rings. The number of phenolic OH excluding ortho intramolecular Hbond substituents is 3. The second kappa shape index (κ2) is 5.14. The van der Waals surface area contributed by atoms with Crippen molar-refractivity contribution in [1.82, 2.24) is 0 Å². The van der Waals surface area contributed by atoms with Gasteiger partial charge in [-0.25, -0.2) is 0 Å². The number of fused-ring (bicyclic) bond motifs is 1. The van der Waals surface area contributed by atoms with Crippen LogP contribution in [0.5, 0.6) is 28.7 Å². The molecule has 0 aromatic heterocycles. The quantitative estimate of drug-likeness (QED) is 0.581. The van der Waals surface area contributed by atoms with Crippen molar-refractivity contribution >= 4 is 5.97 Å². The van der Waals surface area contributed by atoms with E-state index in [4.69, 9.17) is 9.47 Å². The van der Waals surface area contributed by atoms with E-state index in [1.165, 1.54) is 25.3 Å². The van der Waals surface area contributed by atoms with Crippen molar-refractivity contribution in [2.45, 2.75) is 12.3 Å². The molecule has 6 nitrogen and oxygen atoms in total. The second-order valence-corrected chi connectivity index (χ2v) is 5.04. The summed E-state index contributed by atoms with van der Waals surface area (Å²) in [7, 11) is 1.43. The molecule has 1 aliphatic heterocycles. The van der Waals surface area contributed by atoms with Crippen LogP contribution in [0.15, 0.2) is 30.3 Å². The van der Waals surface area contributed by atoms with Gasteiger partial charge in [-0.3, -0.25) is 4.79 Å². The third-order valence-electron chi connectivity index (χ3n) is 3.65. The molecule has 2 aromatic rings. The number of aromatic hydroxyl groups is 3. The van der Waals surface area contributed by atoms with E-state index in [9.17, 15) is 20.1 Å². The molecule has 0 saturated heterocycles. The number of carbonyl (C=O) groups excluding carboxylic acids is 1. The standard InChI is InChI=1S/C16H14O6/c1-21-13-4-8(2-3-11(13)18)10-7-15(20)22-14-6-9(17)5-12(19)16(10)14/h2-6,10,17-19H,7H2,1H3/t10-/m1/s1. The molecule has 0 unspecified atom stereocenters. The lowest BCUT2D eigenvalue weighted by Crippen LogP contribution is -2.21. The molecular weight excluding hydrogens is 288 g/mol. The smallest absolute Gasteiger partial charge is 0.312 e. The average molecular weight is 302 g/mol. The molecule has 0 amide bonds. The van der Waals surface area contributed by atoms with Crippen molar-refractivity contribution in [2.75, 3.05) is 7.11 Å². The Kier molecular flexibility index (Phi) is 3.29. The third kappa shape index (κ3) is 2.28.